The molecule has 1 aromatic carbocycles. The fourth-order valence-corrected chi connectivity index (χ4v) is 4.13. The summed E-state index contributed by atoms with van der Waals surface area (Å²) >= 11 is 6.48. The van der Waals surface area contributed by atoms with Crippen LogP contribution in [0.25, 0.3) is 22.2 Å². The molecule has 5 aromatic rings. The van der Waals surface area contributed by atoms with Crippen LogP contribution >= 0.6 is 11.6 Å². The van der Waals surface area contributed by atoms with Crippen molar-refractivity contribution in [1.29, 1.82) is 0 Å². The van der Waals surface area contributed by atoms with E-state index in [4.69, 9.17) is 16.3 Å². The van der Waals surface area contributed by atoms with E-state index in [1.54, 1.807) is 36.9 Å². The minimum Gasteiger partial charge on any atom is -0.486 e. The van der Waals surface area contributed by atoms with Crippen molar-refractivity contribution >= 4 is 28.5 Å². The second kappa shape index (κ2) is 10.1. The zero-order valence-corrected chi connectivity index (χ0v) is 20.5. The largest absolute Gasteiger partial charge is 0.486 e. The Hall–Kier alpha value is -4.30. The molecular formula is C27H23ClN6O2. The Bertz CT molecular complexity index is 1590. The minimum absolute atomic E-state index is 0.221. The van der Waals surface area contributed by atoms with E-state index in [0.29, 0.717) is 27.8 Å². The van der Waals surface area contributed by atoms with Crippen LogP contribution in [0.5, 0.6) is 5.75 Å². The van der Waals surface area contributed by atoms with Gasteiger partial charge in [-0.05, 0) is 55.8 Å². The SMILES string of the molecule is Cc1cnccc1-c1ccnc(N[C@@H](C)c2cc3cc(Cl)c(OCc4ccccn4)cc3[nH]c2=O)n1. The van der Waals surface area contributed by atoms with Crippen LogP contribution < -0.4 is 15.6 Å². The molecule has 180 valence electrons. The van der Waals surface area contributed by atoms with Gasteiger partial charge in [0.15, 0.2) is 0 Å². The number of aromatic amines is 1. The molecule has 2 N–H and O–H groups in total. The molecule has 0 amide bonds. The molecule has 9 heteroatoms. The van der Waals surface area contributed by atoms with Crippen LogP contribution in [0.15, 0.2) is 78.1 Å². The molecule has 0 unspecified atom stereocenters. The van der Waals surface area contributed by atoms with Crippen molar-refractivity contribution in [3.05, 3.63) is 106 Å². The van der Waals surface area contributed by atoms with Crippen molar-refractivity contribution in [2.75, 3.05) is 5.32 Å². The molecule has 8 nitrogen and oxygen atoms in total. The lowest BCUT2D eigenvalue weighted by Crippen LogP contribution is -2.20. The van der Waals surface area contributed by atoms with E-state index in [1.807, 2.05) is 50.2 Å². The molecule has 0 spiro atoms. The summed E-state index contributed by atoms with van der Waals surface area (Å²) in [6.45, 7) is 4.14. The van der Waals surface area contributed by atoms with Gasteiger partial charge >= 0.3 is 0 Å². The summed E-state index contributed by atoms with van der Waals surface area (Å²) in [5.74, 6) is 0.896. The number of anilines is 1. The summed E-state index contributed by atoms with van der Waals surface area (Å²) in [4.78, 5) is 33.2. The maximum absolute atomic E-state index is 12.9. The van der Waals surface area contributed by atoms with Gasteiger partial charge in [0.05, 0.1) is 28.0 Å². The normalized spacial score (nSPS) is 11.9. The van der Waals surface area contributed by atoms with E-state index in [2.05, 4.69) is 30.2 Å². The van der Waals surface area contributed by atoms with Gasteiger partial charge in [-0.25, -0.2) is 9.97 Å². The van der Waals surface area contributed by atoms with Gasteiger partial charge < -0.3 is 15.0 Å². The molecule has 0 aliphatic heterocycles. The van der Waals surface area contributed by atoms with E-state index in [0.717, 1.165) is 27.9 Å². The number of benzene rings is 1. The van der Waals surface area contributed by atoms with Crippen LogP contribution in [0.3, 0.4) is 0 Å². The van der Waals surface area contributed by atoms with E-state index >= 15 is 0 Å². The molecule has 0 aliphatic carbocycles. The molecule has 0 radical (unpaired) electrons. The summed E-state index contributed by atoms with van der Waals surface area (Å²) in [5.41, 5.74) is 4.49. The Morgan fingerprint density at radius 3 is 2.78 bits per heavy atom. The number of pyridine rings is 3. The van der Waals surface area contributed by atoms with E-state index in [1.165, 1.54) is 0 Å². The third kappa shape index (κ3) is 5.04. The average molecular weight is 499 g/mol. The second-order valence-electron chi connectivity index (χ2n) is 8.36. The van der Waals surface area contributed by atoms with Gasteiger partial charge in [-0.2, -0.15) is 0 Å². The number of hydrogen-bond acceptors (Lipinski definition) is 7. The summed E-state index contributed by atoms with van der Waals surface area (Å²) < 4.78 is 5.83. The lowest BCUT2D eigenvalue weighted by molar-refractivity contribution is 0.302. The van der Waals surface area contributed by atoms with Crippen molar-refractivity contribution in [3.63, 3.8) is 0 Å². The zero-order chi connectivity index (χ0) is 25.1. The quantitative estimate of drug-likeness (QED) is 0.305. The Morgan fingerprint density at radius 2 is 1.97 bits per heavy atom. The number of hydrogen-bond donors (Lipinski definition) is 2. The van der Waals surface area contributed by atoms with Crippen LogP contribution in [-0.2, 0) is 6.61 Å². The van der Waals surface area contributed by atoms with Crippen molar-refractivity contribution in [2.24, 2.45) is 0 Å². The fraction of sp³-hybridized carbons (Fsp3) is 0.148. The summed E-state index contributed by atoms with van der Waals surface area (Å²) in [6, 6.07) is 14.3. The number of nitrogens with zero attached hydrogens (tertiary/aromatic N) is 4. The van der Waals surface area contributed by atoms with Gasteiger partial charge in [0.25, 0.3) is 5.56 Å². The van der Waals surface area contributed by atoms with Crippen molar-refractivity contribution in [2.45, 2.75) is 26.5 Å². The molecule has 0 fully saturated rings. The average Bonchev–Trinajstić information content (AvgIpc) is 2.88. The molecule has 5 rings (SSSR count). The summed E-state index contributed by atoms with van der Waals surface area (Å²) in [6.07, 6.45) is 6.92. The number of fused-ring (bicyclic) bond motifs is 1. The Kier molecular flexibility index (Phi) is 6.60. The van der Waals surface area contributed by atoms with Gasteiger partial charge in [-0.1, -0.05) is 17.7 Å². The number of H-pyrrole nitrogens is 1. The zero-order valence-electron chi connectivity index (χ0n) is 19.7. The van der Waals surface area contributed by atoms with Crippen molar-refractivity contribution in [3.8, 4) is 17.0 Å². The van der Waals surface area contributed by atoms with Gasteiger partial charge in [0.2, 0.25) is 5.95 Å². The van der Waals surface area contributed by atoms with Crippen molar-refractivity contribution in [1.82, 2.24) is 24.9 Å². The van der Waals surface area contributed by atoms with Crippen LogP contribution in [0.2, 0.25) is 5.02 Å². The first-order valence-corrected chi connectivity index (χ1v) is 11.8. The maximum Gasteiger partial charge on any atom is 0.253 e. The lowest BCUT2D eigenvalue weighted by Gasteiger charge is -2.15. The molecular weight excluding hydrogens is 476 g/mol. The van der Waals surface area contributed by atoms with E-state index < -0.39 is 0 Å². The first kappa shape index (κ1) is 23.4. The fourth-order valence-electron chi connectivity index (χ4n) is 3.90. The topological polar surface area (TPSA) is 106 Å². The van der Waals surface area contributed by atoms with E-state index in [9.17, 15) is 4.79 Å². The van der Waals surface area contributed by atoms with Gasteiger partial charge in [0.1, 0.15) is 12.4 Å². The number of nitrogens with one attached hydrogen (secondary N) is 2. The van der Waals surface area contributed by atoms with Crippen LogP contribution in [0.1, 0.15) is 29.8 Å². The van der Waals surface area contributed by atoms with Gasteiger partial charge in [0, 0.05) is 47.4 Å². The predicted molar refractivity (Wildman–Crippen MR) is 140 cm³/mol. The Morgan fingerprint density at radius 1 is 1.08 bits per heavy atom. The number of rotatable bonds is 7. The Balaban J connectivity index is 1.38. The van der Waals surface area contributed by atoms with E-state index in [-0.39, 0.29) is 18.2 Å². The van der Waals surface area contributed by atoms with Crippen LogP contribution in [-0.4, -0.2) is 24.9 Å². The summed E-state index contributed by atoms with van der Waals surface area (Å²) in [7, 11) is 0. The first-order chi connectivity index (χ1) is 17.5. The molecule has 0 bridgehead atoms. The monoisotopic (exact) mass is 498 g/mol. The molecule has 1 atom stereocenters. The molecule has 36 heavy (non-hydrogen) atoms. The number of aryl methyl sites for hydroxylation is 1. The predicted octanol–water partition coefficient (Wildman–Crippen LogP) is 5.49. The number of halogens is 1. The lowest BCUT2D eigenvalue weighted by atomic mass is 10.1. The Labute approximate surface area is 212 Å². The molecule has 4 aromatic heterocycles. The molecule has 0 saturated heterocycles. The van der Waals surface area contributed by atoms with Gasteiger partial charge in [-0.3, -0.25) is 14.8 Å². The van der Waals surface area contributed by atoms with Crippen LogP contribution in [0, 0.1) is 6.92 Å². The molecule has 0 saturated carbocycles. The second-order valence-corrected chi connectivity index (χ2v) is 8.76. The molecule has 0 aliphatic rings. The smallest absolute Gasteiger partial charge is 0.253 e. The highest BCUT2D eigenvalue weighted by Gasteiger charge is 2.15. The highest BCUT2D eigenvalue weighted by Crippen LogP contribution is 2.30. The number of aromatic nitrogens is 5. The van der Waals surface area contributed by atoms with Gasteiger partial charge in [-0.15, -0.1) is 0 Å². The number of ether oxygens (including phenoxy) is 1. The minimum atomic E-state index is -0.356. The third-order valence-electron chi connectivity index (χ3n) is 5.79. The maximum atomic E-state index is 12.9. The summed E-state index contributed by atoms with van der Waals surface area (Å²) in [5, 5.41) is 4.47. The van der Waals surface area contributed by atoms with Crippen molar-refractivity contribution < 1.29 is 4.74 Å². The third-order valence-corrected chi connectivity index (χ3v) is 6.09. The standard InChI is InChI=1S/C27H23ClN6O2/c1-16-14-29-9-6-20(16)23-7-10-31-27(34-23)32-17(2)21-11-18-12-22(28)25(13-24(18)33-26(21)35)36-15-19-5-3-4-8-30-19/h3-14,17H,15H2,1-2H3,(H,33,35)(H,31,32,34)/t17-/m0/s1. The highest BCUT2D eigenvalue weighted by atomic mass is 35.5. The van der Waals surface area contributed by atoms with Crippen LogP contribution in [0.4, 0.5) is 5.95 Å². The molecule has 4 heterocycles. The first-order valence-electron chi connectivity index (χ1n) is 11.4. The highest BCUT2D eigenvalue weighted by molar-refractivity contribution is 6.32.